The number of aliphatic carboxylic acids is 1. The van der Waals surface area contributed by atoms with Crippen LogP contribution in [0.15, 0.2) is 18.2 Å². The van der Waals surface area contributed by atoms with Crippen LogP contribution < -0.4 is 15.5 Å². The number of rotatable bonds is 7. The van der Waals surface area contributed by atoms with Gasteiger partial charge in [-0.3, -0.25) is 14.4 Å². The van der Waals surface area contributed by atoms with E-state index in [2.05, 4.69) is 10.6 Å². The van der Waals surface area contributed by atoms with Crippen molar-refractivity contribution in [2.45, 2.75) is 25.3 Å². The molecule has 1 aromatic rings. The van der Waals surface area contributed by atoms with Gasteiger partial charge in [0.05, 0.1) is 22.2 Å². The Morgan fingerprint density at radius 2 is 1.92 bits per heavy atom. The Labute approximate surface area is 153 Å². The number of imide groups is 1. The Balaban J connectivity index is 1.93. The van der Waals surface area contributed by atoms with Crippen LogP contribution in [0.2, 0.25) is 10.0 Å². The summed E-state index contributed by atoms with van der Waals surface area (Å²) < 4.78 is 0. The molecule has 25 heavy (non-hydrogen) atoms. The number of anilines is 1. The van der Waals surface area contributed by atoms with Gasteiger partial charge in [-0.25, -0.2) is 9.69 Å². The third-order valence-electron chi connectivity index (χ3n) is 3.50. The second-order valence-corrected chi connectivity index (χ2v) is 6.12. The Hall–Kier alpha value is -2.32. The topological polar surface area (TPSA) is 116 Å². The Morgan fingerprint density at radius 1 is 1.20 bits per heavy atom. The second kappa shape index (κ2) is 8.17. The molecular formula is C15H15Cl2N3O5. The van der Waals surface area contributed by atoms with E-state index in [1.54, 1.807) is 0 Å². The maximum absolute atomic E-state index is 12.4. The summed E-state index contributed by atoms with van der Waals surface area (Å²) in [6.07, 6.45) is -0.108. The number of carbonyl (C=O) groups excluding carboxylic acids is 3. The molecule has 0 aliphatic carbocycles. The minimum atomic E-state index is -1.02. The van der Waals surface area contributed by atoms with Crippen molar-refractivity contribution in [1.29, 1.82) is 0 Å². The molecule has 0 aromatic heterocycles. The predicted molar refractivity (Wildman–Crippen MR) is 90.8 cm³/mol. The van der Waals surface area contributed by atoms with Crippen LogP contribution in [0.1, 0.15) is 19.3 Å². The maximum Gasteiger partial charge on any atom is 0.329 e. The molecule has 1 atom stereocenters. The minimum Gasteiger partial charge on any atom is -0.481 e. The molecule has 134 valence electrons. The first-order chi connectivity index (χ1) is 11.8. The lowest BCUT2D eigenvalue weighted by Gasteiger charge is -2.13. The van der Waals surface area contributed by atoms with E-state index in [0.717, 1.165) is 4.90 Å². The van der Waals surface area contributed by atoms with Gasteiger partial charge in [0.2, 0.25) is 5.91 Å². The molecular weight excluding hydrogens is 373 g/mol. The van der Waals surface area contributed by atoms with Crippen LogP contribution in [0, 0.1) is 0 Å². The van der Waals surface area contributed by atoms with E-state index >= 15 is 0 Å². The highest BCUT2D eigenvalue weighted by molar-refractivity contribution is 6.42. The zero-order valence-corrected chi connectivity index (χ0v) is 14.4. The lowest BCUT2D eigenvalue weighted by Crippen LogP contribution is -2.33. The largest absolute Gasteiger partial charge is 0.481 e. The van der Waals surface area contributed by atoms with Gasteiger partial charge in [0.25, 0.3) is 5.91 Å². The van der Waals surface area contributed by atoms with Crippen LogP contribution >= 0.6 is 23.2 Å². The van der Waals surface area contributed by atoms with Crippen LogP contribution in [-0.4, -0.2) is 41.5 Å². The summed E-state index contributed by atoms with van der Waals surface area (Å²) in [7, 11) is 0. The number of nitrogens with one attached hydrogen (secondary N) is 2. The molecule has 1 heterocycles. The summed E-state index contributed by atoms with van der Waals surface area (Å²) in [4.78, 5) is 47.4. The van der Waals surface area contributed by atoms with E-state index < -0.39 is 29.9 Å². The van der Waals surface area contributed by atoms with E-state index in [4.69, 9.17) is 28.3 Å². The van der Waals surface area contributed by atoms with Gasteiger partial charge in [-0.15, -0.1) is 0 Å². The molecule has 1 saturated heterocycles. The summed E-state index contributed by atoms with van der Waals surface area (Å²) in [5.74, 6) is -1.91. The fourth-order valence-electron chi connectivity index (χ4n) is 2.27. The highest BCUT2D eigenvalue weighted by atomic mass is 35.5. The fraction of sp³-hybridized carbons (Fsp3) is 0.333. The number of benzene rings is 1. The van der Waals surface area contributed by atoms with Crippen LogP contribution in [0.3, 0.4) is 0 Å². The SMILES string of the molecule is O=C(O)CCNC(=O)CC[C@H]1NC(=O)N(c2ccc(Cl)c(Cl)c2)C1=O. The standard InChI is InChI=1S/C15H15Cl2N3O5/c16-9-2-1-8(7-10(9)17)20-14(24)11(19-15(20)25)3-4-12(21)18-6-5-13(22)23/h1-2,7,11H,3-6H2,(H,18,21)(H,19,25)(H,22,23)/t11-/m1/s1. The predicted octanol–water partition coefficient (Wildman–Crippen LogP) is 1.79. The smallest absolute Gasteiger partial charge is 0.329 e. The number of nitrogens with zero attached hydrogens (tertiary/aromatic N) is 1. The molecule has 0 unspecified atom stereocenters. The quantitative estimate of drug-likeness (QED) is 0.616. The molecule has 1 aliphatic rings. The van der Waals surface area contributed by atoms with Gasteiger partial charge < -0.3 is 15.7 Å². The molecule has 0 spiro atoms. The number of carbonyl (C=O) groups is 4. The first kappa shape index (κ1) is 19.0. The van der Waals surface area contributed by atoms with Gasteiger partial charge in [-0.2, -0.15) is 0 Å². The number of hydrogen-bond acceptors (Lipinski definition) is 4. The van der Waals surface area contributed by atoms with Crippen molar-refractivity contribution in [3.8, 4) is 0 Å². The molecule has 2 rings (SSSR count). The van der Waals surface area contributed by atoms with Crippen molar-refractivity contribution in [2.75, 3.05) is 11.4 Å². The van der Waals surface area contributed by atoms with E-state index in [-0.39, 0.29) is 36.5 Å². The van der Waals surface area contributed by atoms with Crippen molar-refractivity contribution in [2.24, 2.45) is 0 Å². The van der Waals surface area contributed by atoms with Gasteiger partial charge in [-0.05, 0) is 24.6 Å². The molecule has 10 heteroatoms. The monoisotopic (exact) mass is 387 g/mol. The molecule has 8 nitrogen and oxygen atoms in total. The van der Waals surface area contributed by atoms with Crippen LogP contribution in [-0.2, 0) is 14.4 Å². The molecule has 0 bridgehead atoms. The van der Waals surface area contributed by atoms with Gasteiger partial charge in [-0.1, -0.05) is 23.2 Å². The minimum absolute atomic E-state index is 0.00847. The number of urea groups is 1. The average molecular weight is 388 g/mol. The summed E-state index contributed by atoms with van der Waals surface area (Å²) in [5, 5.41) is 13.9. The van der Waals surface area contributed by atoms with E-state index in [9.17, 15) is 19.2 Å². The van der Waals surface area contributed by atoms with Gasteiger partial charge in [0, 0.05) is 13.0 Å². The van der Waals surface area contributed by atoms with Crippen molar-refractivity contribution in [1.82, 2.24) is 10.6 Å². The van der Waals surface area contributed by atoms with Crippen LogP contribution in [0.4, 0.5) is 10.5 Å². The van der Waals surface area contributed by atoms with E-state index in [1.165, 1.54) is 18.2 Å². The Bertz CT molecular complexity index is 725. The normalized spacial score (nSPS) is 16.7. The van der Waals surface area contributed by atoms with Gasteiger partial charge in [0.15, 0.2) is 0 Å². The van der Waals surface area contributed by atoms with E-state index in [1.807, 2.05) is 0 Å². The number of carboxylic acid groups (broad SMARTS) is 1. The Morgan fingerprint density at radius 3 is 2.56 bits per heavy atom. The van der Waals surface area contributed by atoms with Gasteiger partial charge >= 0.3 is 12.0 Å². The summed E-state index contributed by atoms with van der Waals surface area (Å²) in [6.45, 7) is 0.00847. The lowest BCUT2D eigenvalue weighted by atomic mass is 10.1. The van der Waals surface area contributed by atoms with Crippen LogP contribution in [0.25, 0.3) is 0 Å². The highest BCUT2D eigenvalue weighted by Crippen LogP contribution is 2.29. The van der Waals surface area contributed by atoms with Crippen molar-refractivity contribution in [3.63, 3.8) is 0 Å². The third kappa shape index (κ3) is 4.83. The summed E-state index contributed by atoms with van der Waals surface area (Å²) in [6, 6.07) is 2.92. The molecule has 4 amide bonds. The van der Waals surface area contributed by atoms with Crippen molar-refractivity contribution in [3.05, 3.63) is 28.2 Å². The maximum atomic E-state index is 12.4. The molecule has 1 aromatic carbocycles. The van der Waals surface area contributed by atoms with Gasteiger partial charge in [0.1, 0.15) is 6.04 Å². The second-order valence-electron chi connectivity index (χ2n) is 5.31. The summed E-state index contributed by atoms with van der Waals surface area (Å²) >= 11 is 11.7. The van der Waals surface area contributed by atoms with E-state index in [0.29, 0.717) is 5.02 Å². The zero-order valence-electron chi connectivity index (χ0n) is 12.9. The van der Waals surface area contributed by atoms with Crippen molar-refractivity contribution >= 4 is 52.7 Å². The molecule has 1 fully saturated rings. The number of amides is 4. The Kier molecular flexibility index (Phi) is 6.22. The van der Waals surface area contributed by atoms with Crippen molar-refractivity contribution < 1.29 is 24.3 Å². The molecule has 0 radical (unpaired) electrons. The number of carboxylic acids is 1. The highest BCUT2D eigenvalue weighted by Gasteiger charge is 2.39. The molecule has 0 saturated carbocycles. The number of hydrogen-bond donors (Lipinski definition) is 3. The van der Waals surface area contributed by atoms with Crippen LogP contribution in [0.5, 0.6) is 0 Å². The number of halogens is 2. The average Bonchev–Trinajstić information content (AvgIpc) is 2.82. The first-order valence-corrected chi connectivity index (χ1v) is 8.13. The fourth-order valence-corrected chi connectivity index (χ4v) is 2.56. The zero-order chi connectivity index (χ0) is 18.6. The first-order valence-electron chi connectivity index (χ1n) is 7.37. The molecule has 3 N–H and O–H groups in total. The third-order valence-corrected chi connectivity index (χ3v) is 4.24. The lowest BCUT2D eigenvalue weighted by molar-refractivity contribution is -0.137. The summed E-state index contributed by atoms with van der Waals surface area (Å²) in [5.41, 5.74) is 0.283. The molecule has 1 aliphatic heterocycles.